The van der Waals surface area contributed by atoms with E-state index < -0.39 is 13.7 Å². The van der Waals surface area contributed by atoms with Gasteiger partial charge in [0.2, 0.25) is 0 Å². The zero-order valence-electron chi connectivity index (χ0n) is 18.4. The van der Waals surface area contributed by atoms with E-state index in [2.05, 4.69) is 15.3 Å². The van der Waals surface area contributed by atoms with Crippen molar-refractivity contribution in [3.63, 3.8) is 0 Å². The third-order valence-corrected chi connectivity index (χ3v) is 8.13. The Bertz CT molecular complexity index is 1350. The van der Waals surface area contributed by atoms with E-state index >= 15 is 4.39 Å². The van der Waals surface area contributed by atoms with Crippen molar-refractivity contribution in [2.75, 3.05) is 18.1 Å². The van der Waals surface area contributed by atoms with E-state index in [4.69, 9.17) is 11.6 Å². The van der Waals surface area contributed by atoms with Gasteiger partial charge in [-0.3, -0.25) is 0 Å². The van der Waals surface area contributed by atoms with E-state index in [0.717, 1.165) is 6.16 Å². The fraction of sp³-hybridized carbons (Fsp3) is 0.200. The van der Waals surface area contributed by atoms with Crippen molar-refractivity contribution in [1.29, 1.82) is 0 Å². The molecule has 1 unspecified atom stereocenters. The molecule has 1 N–H and O–H groups in total. The number of benzene rings is 2. The van der Waals surface area contributed by atoms with Gasteiger partial charge in [-0.1, -0.05) is 56.8 Å². The number of anilines is 1. The van der Waals surface area contributed by atoms with Crippen LogP contribution < -0.4 is 10.6 Å². The maximum Gasteiger partial charge on any atom is 0.151 e. The molecule has 2 aromatic carbocycles. The number of rotatable bonds is 6. The summed E-state index contributed by atoms with van der Waals surface area (Å²) in [6.45, 7) is 5.87. The van der Waals surface area contributed by atoms with Gasteiger partial charge >= 0.3 is 0 Å². The molecule has 0 spiro atoms. The van der Waals surface area contributed by atoms with Crippen LogP contribution in [-0.2, 0) is 6.54 Å². The van der Waals surface area contributed by atoms with E-state index in [1.807, 2.05) is 13.6 Å². The molecule has 0 amide bonds. The van der Waals surface area contributed by atoms with Crippen molar-refractivity contribution < 1.29 is 13.2 Å². The lowest BCUT2D eigenvalue weighted by atomic mass is 10.1. The molecule has 33 heavy (non-hydrogen) atoms. The van der Waals surface area contributed by atoms with E-state index in [9.17, 15) is 8.78 Å². The Hall–Kier alpha value is -2.69. The maximum absolute atomic E-state index is 15.0. The van der Waals surface area contributed by atoms with Gasteiger partial charge in [-0.05, 0) is 31.9 Å². The quantitative estimate of drug-likeness (QED) is 0.296. The van der Waals surface area contributed by atoms with Crippen LogP contribution in [0.5, 0.6) is 0 Å². The Kier molecular flexibility index (Phi) is 6.87. The highest BCUT2D eigenvalue weighted by Crippen LogP contribution is 2.35. The first-order valence-corrected chi connectivity index (χ1v) is 12.8. The first-order chi connectivity index (χ1) is 15.8. The van der Waals surface area contributed by atoms with Crippen LogP contribution >= 0.6 is 19.5 Å². The van der Waals surface area contributed by atoms with Gasteiger partial charge in [0.05, 0.1) is 21.9 Å². The number of fused-ring (bicyclic) bond motifs is 1. The molecule has 170 valence electrons. The molecule has 0 aliphatic carbocycles. The first kappa shape index (κ1) is 23.5. The molecule has 4 rings (SSSR count). The van der Waals surface area contributed by atoms with E-state index in [1.165, 1.54) is 18.2 Å². The molecule has 0 aliphatic rings. The summed E-state index contributed by atoms with van der Waals surface area (Å²) >= 11 is 6.50. The molecular weight excluding hydrogens is 466 g/mol. The summed E-state index contributed by atoms with van der Waals surface area (Å²) in [4.78, 5) is 8.83. The zero-order valence-corrected chi connectivity index (χ0v) is 20.0. The van der Waals surface area contributed by atoms with Crippen LogP contribution in [0.3, 0.4) is 0 Å². The largest absolute Gasteiger partial charge is 0.378 e. The van der Waals surface area contributed by atoms with E-state index in [-0.39, 0.29) is 23.9 Å². The van der Waals surface area contributed by atoms with Crippen molar-refractivity contribution in [1.82, 2.24) is 9.97 Å². The van der Waals surface area contributed by atoms with Crippen LogP contribution in [0.15, 0.2) is 48.5 Å². The number of nitrogens with zero attached hydrogens (tertiary/aromatic N) is 2. The topological polar surface area (TPSA) is 37.8 Å². The minimum absolute atomic E-state index is 0.000501. The van der Waals surface area contributed by atoms with Gasteiger partial charge in [-0.15, -0.1) is 0 Å². The molecule has 0 saturated carbocycles. The Labute approximate surface area is 196 Å². The smallest absolute Gasteiger partial charge is 0.151 e. The number of pyridine rings is 2. The Morgan fingerprint density at radius 3 is 2.42 bits per heavy atom. The second kappa shape index (κ2) is 9.66. The van der Waals surface area contributed by atoms with Crippen LogP contribution in [0.25, 0.3) is 22.3 Å². The van der Waals surface area contributed by atoms with Crippen LogP contribution in [0.2, 0.25) is 5.02 Å². The molecule has 1 atom stereocenters. The highest BCUT2D eigenvalue weighted by Gasteiger charge is 2.19. The Morgan fingerprint density at radius 1 is 0.970 bits per heavy atom. The lowest BCUT2D eigenvalue weighted by molar-refractivity contribution is 0.613. The lowest BCUT2D eigenvalue weighted by Gasteiger charge is -2.15. The minimum Gasteiger partial charge on any atom is -0.378 e. The van der Waals surface area contributed by atoms with Crippen LogP contribution in [0.1, 0.15) is 18.2 Å². The molecule has 0 radical (unpaired) electrons. The summed E-state index contributed by atoms with van der Waals surface area (Å²) in [5.74, 6) is -1.34. The van der Waals surface area contributed by atoms with Crippen LogP contribution in [0.4, 0.5) is 18.9 Å². The number of hydrogen-bond acceptors (Lipinski definition) is 3. The van der Waals surface area contributed by atoms with E-state index in [1.54, 1.807) is 37.3 Å². The minimum atomic E-state index is -0.613. The van der Waals surface area contributed by atoms with Crippen molar-refractivity contribution >= 4 is 41.5 Å². The van der Waals surface area contributed by atoms with Crippen LogP contribution in [0, 0.1) is 24.4 Å². The molecule has 0 saturated heterocycles. The van der Waals surface area contributed by atoms with Gasteiger partial charge in [0, 0.05) is 29.0 Å². The predicted molar refractivity (Wildman–Crippen MR) is 131 cm³/mol. The van der Waals surface area contributed by atoms with Gasteiger partial charge < -0.3 is 5.32 Å². The third-order valence-electron chi connectivity index (χ3n) is 5.54. The third kappa shape index (κ3) is 4.68. The number of aromatic nitrogens is 2. The molecule has 2 heterocycles. The summed E-state index contributed by atoms with van der Waals surface area (Å²) in [5.41, 5.74) is 2.31. The lowest BCUT2D eigenvalue weighted by Crippen LogP contribution is -2.08. The van der Waals surface area contributed by atoms with Gasteiger partial charge in [-0.25, -0.2) is 23.1 Å². The molecule has 0 bridgehead atoms. The van der Waals surface area contributed by atoms with Gasteiger partial charge in [0.15, 0.2) is 5.82 Å². The molecule has 8 heteroatoms. The monoisotopic (exact) mass is 487 g/mol. The molecule has 3 nitrogen and oxygen atoms in total. The summed E-state index contributed by atoms with van der Waals surface area (Å²) in [6.07, 6.45) is 0.856. The van der Waals surface area contributed by atoms with E-state index in [0.29, 0.717) is 43.9 Å². The zero-order chi connectivity index (χ0) is 23.7. The summed E-state index contributed by atoms with van der Waals surface area (Å²) in [5, 5.41) is 4.08. The van der Waals surface area contributed by atoms with Gasteiger partial charge in [-0.2, -0.15) is 0 Å². The predicted octanol–water partition coefficient (Wildman–Crippen LogP) is 7.04. The Balaban J connectivity index is 1.81. The van der Waals surface area contributed by atoms with Gasteiger partial charge in [0.1, 0.15) is 22.8 Å². The molecule has 4 aromatic rings. The number of halogens is 4. The summed E-state index contributed by atoms with van der Waals surface area (Å²) in [6, 6.07) is 12.3. The average molecular weight is 488 g/mol. The van der Waals surface area contributed by atoms with Crippen molar-refractivity contribution in [3.8, 4) is 11.3 Å². The standard InChI is InChI=1S/C25H22ClF3N3P/c1-4-33(3)21-10-9-15(11-18(21)28)23-19(29)12-20-24(32-23)25(22(26)14(2)31-20)30-13-16-7-5-6-8-17(16)27/h5-12H,4,13H2,1-3H3,(H,30,31). The fourth-order valence-corrected chi connectivity index (χ4v) is 4.88. The highest BCUT2D eigenvalue weighted by molar-refractivity contribution is 7.64. The first-order valence-electron chi connectivity index (χ1n) is 10.4. The molecular formula is C25H22ClF3N3P. The normalized spacial score (nSPS) is 12.2. The fourth-order valence-electron chi connectivity index (χ4n) is 3.59. The summed E-state index contributed by atoms with van der Waals surface area (Å²) in [7, 11) is -0.612. The second-order valence-corrected chi connectivity index (χ2v) is 10.6. The highest BCUT2D eigenvalue weighted by atomic mass is 35.5. The van der Waals surface area contributed by atoms with Crippen molar-refractivity contribution in [2.24, 2.45) is 0 Å². The molecule has 0 fully saturated rings. The van der Waals surface area contributed by atoms with Crippen molar-refractivity contribution in [3.05, 3.63) is 82.3 Å². The maximum atomic E-state index is 15.0. The SMILES string of the molecule is CCP(C)c1ccc(-c2nc3c(NCc4ccccc4F)c(Cl)c(C)nc3cc2F)cc1F. The molecule has 0 aliphatic heterocycles. The second-order valence-electron chi connectivity index (χ2n) is 7.70. The average Bonchev–Trinajstić information content (AvgIpc) is 2.79. The molecule has 2 aromatic heterocycles. The number of aryl methyl sites for hydroxylation is 1. The summed E-state index contributed by atoms with van der Waals surface area (Å²) < 4.78 is 43.8. The number of nitrogens with one attached hydrogen (secondary N) is 1. The van der Waals surface area contributed by atoms with Crippen molar-refractivity contribution in [2.45, 2.75) is 20.4 Å². The van der Waals surface area contributed by atoms with Gasteiger partial charge in [0.25, 0.3) is 0 Å². The number of hydrogen-bond donors (Lipinski definition) is 1. The Morgan fingerprint density at radius 2 is 1.73 bits per heavy atom. The van der Waals surface area contributed by atoms with Crippen LogP contribution in [-0.4, -0.2) is 22.8 Å².